The van der Waals surface area contributed by atoms with E-state index >= 15 is 0 Å². The first-order valence-corrected chi connectivity index (χ1v) is 9.07. The lowest BCUT2D eigenvalue weighted by molar-refractivity contribution is 0.0576. The van der Waals surface area contributed by atoms with E-state index in [9.17, 15) is 9.18 Å². The fourth-order valence-corrected chi connectivity index (χ4v) is 3.46. The van der Waals surface area contributed by atoms with Gasteiger partial charge in [0, 0.05) is 25.4 Å². The maximum atomic E-state index is 13.1. The fraction of sp³-hybridized carbons (Fsp3) is 0.368. The highest BCUT2D eigenvalue weighted by atomic mass is 19.1. The average Bonchev–Trinajstić information content (AvgIpc) is 3.37. The van der Waals surface area contributed by atoms with Gasteiger partial charge in [-0.3, -0.25) is 4.79 Å². The van der Waals surface area contributed by atoms with Crippen LogP contribution in [0.15, 0.2) is 46.9 Å². The van der Waals surface area contributed by atoms with Crippen LogP contribution >= 0.6 is 0 Å². The Balaban J connectivity index is 1.46. The normalized spacial score (nSPS) is 19.8. The number of anilines is 1. The molecule has 1 aromatic carbocycles. The molecule has 0 bridgehead atoms. The highest BCUT2D eigenvalue weighted by Crippen LogP contribution is 2.29. The lowest BCUT2D eigenvalue weighted by Crippen LogP contribution is -2.40. The van der Waals surface area contributed by atoms with E-state index in [4.69, 9.17) is 9.36 Å². The molecule has 0 radical (unpaired) electrons. The monoisotopic (exact) mass is 372 g/mol. The number of rotatable bonds is 4. The number of hydrazine groups is 1. The summed E-state index contributed by atoms with van der Waals surface area (Å²) in [5.74, 6) is 1.12. The van der Waals surface area contributed by atoms with Gasteiger partial charge in [0.1, 0.15) is 22.9 Å². The summed E-state index contributed by atoms with van der Waals surface area (Å²) in [6.45, 7) is 3.20. The summed E-state index contributed by atoms with van der Waals surface area (Å²) < 4.78 is 18.2. The van der Waals surface area contributed by atoms with Crippen molar-refractivity contribution >= 4 is 11.6 Å². The molecule has 0 aliphatic carbocycles. The highest BCUT2D eigenvalue weighted by Gasteiger charge is 2.32. The number of halogens is 1. The van der Waals surface area contributed by atoms with Gasteiger partial charge in [-0.25, -0.2) is 9.40 Å². The van der Waals surface area contributed by atoms with Crippen molar-refractivity contribution in [1.29, 1.82) is 0 Å². The molecule has 142 valence electrons. The number of aryl methyl sites for hydroxylation is 1. The predicted octanol–water partition coefficient (Wildman–Crippen LogP) is 3.03. The second-order valence-electron chi connectivity index (χ2n) is 6.68. The van der Waals surface area contributed by atoms with E-state index in [1.165, 1.54) is 18.3 Å². The molecule has 2 aromatic rings. The minimum absolute atomic E-state index is 0.0558. The van der Waals surface area contributed by atoms with Crippen molar-refractivity contribution < 1.29 is 18.5 Å². The van der Waals surface area contributed by atoms with E-state index in [1.807, 2.05) is 18.0 Å². The first-order valence-electron chi connectivity index (χ1n) is 9.07. The van der Waals surface area contributed by atoms with Gasteiger partial charge in [0.15, 0.2) is 0 Å². The minimum atomic E-state index is -0.287. The molecule has 7 nitrogen and oxygen atoms in total. The number of aromatic nitrogens is 1. The van der Waals surface area contributed by atoms with E-state index in [1.54, 1.807) is 17.1 Å². The summed E-state index contributed by atoms with van der Waals surface area (Å²) in [5.41, 5.74) is 4.12. The standard InChI is InChI=1S/C19H21FN4O3/c1-2-17-16(10-21-26-17)19(25)23-9-3-4-13(11-23)18-12-24(22-27-18)15-7-5-14(20)6-8-15/h5-8,10,12-13,22H,2-4,9,11H2,1H3. The Labute approximate surface area is 156 Å². The summed E-state index contributed by atoms with van der Waals surface area (Å²) in [4.78, 5) is 20.3. The van der Waals surface area contributed by atoms with E-state index < -0.39 is 0 Å². The molecule has 1 N–H and O–H groups in total. The third-order valence-corrected chi connectivity index (χ3v) is 4.93. The number of amides is 1. The first-order chi connectivity index (χ1) is 13.2. The van der Waals surface area contributed by atoms with E-state index in [-0.39, 0.29) is 17.6 Å². The molecule has 8 heteroatoms. The van der Waals surface area contributed by atoms with Crippen LogP contribution < -0.4 is 10.6 Å². The number of nitrogens with one attached hydrogen (secondary N) is 1. The number of likely N-dealkylation sites (tertiary alicyclic amines) is 1. The molecular formula is C19H21FN4O3. The molecule has 0 spiro atoms. The average molecular weight is 372 g/mol. The van der Waals surface area contributed by atoms with E-state index in [0.717, 1.165) is 24.3 Å². The highest BCUT2D eigenvalue weighted by molar-refractivity contribution is 5.95. The van der Waals surface area contributed by atoms with Crippen LogP contribution in [0.4, 0.5) is 10.1 Å². The predicted molar refractivity (Wildman–Crippen MR) is 95.7 cm³/mol. The Morgan fingerprint density at radius 2 is 2.19 bits per heavy atom. The Morgan fingerprint density at radius 1 is 1.37 bits per heavy atom. The van der Waals surface area contributed by atoms with Crippen LogP contribution in [0.2, 0.25) is 0 Å². The SMILES string of the molecule is CCc1oncc1C(=O)N1CCCC(C2=CN(c3ccc(F)cc3)NO2)C1. The topological polar surface area (TPSA) is 70.8 Å². The Kier molecular flexibility index (Phi) is 4.81. The van der Waals surface area contributed by atoms with Crippen molar-refractivity contribution in [3.05, 3.63) is 59.6 Å². The molecule has 27 heavy (non-hydrogen) atoms. The number of piperidine rings is 1. The quantitative estimate of drug-likeness (QED) is 0.890. The largest absolute Gasteiger partial charge is 0.391 e. The van der Waals surface area contributed by atoms with Crippen LogP contribution in [0.3, 0.4) is 0 Å². The summed E-state index contributed by atoms with van der Waals surface area (Å²) in [5, 5.41) is 5.45. The molecule has 1 aromatic heterocycles. The Bertz CT molecular complexity index is 849. The zero-order valence-electron chi connectivity index (χ0n) is 15.0. The van der Waals surface area contributed by atoms with E-state index in [2.05, 4.69) is 10.7 Å². The maximum Gasteiger partial charge on any atom is 0.259 e. The van der Waals surface area contributed by atoms with Crippen LogP contribution in [0.25, 0.3) is 0 Å². The van der Waals surface area contributed by atoms with Gasteiger partial charge in [-0.2, -0.15) is 0 Å². The second-order valence-corrected chi connectivity index (χ2v) is 6.68. The molecule has 2 aliphatic rings. The summed E-state index contributed by atoms with van der Waals surface area (Å²) in [6.07, 6.45) is 5.79. The molecule has 1 fully saturated rings. The summed E-state index contributed by atoms with van der Waals surface area (Å²) in [7, 11) is 0. The number of hydrogen-bond donors (Lipinski definition) is 1. The Morgan fingerprint density at radius 3 is 2.96 bits per heavy atom. The van der Waals surface area contributed by atoms with Crippen LogP contribution in [-0.2, 0) is 11.3 Å². The number of carbonyl (C=O) groups excluding carboxylic acids is 1. The first kappa shape index (κ1) is 17.5. The third-order valence-electron chi connectivity index (χ3n) is 4.93. The Hall–Kier alpha value is -2.87. The smallest absolute Gasteiger partial charge is 0.259 e. The number of carbonyl (C=O) groups is 1. The number of hydrogen-bond acceptors (Lipinski definition) is 6. The van der Waals surface area contributed by atoms with Crippen molar-refractivity contribution in [2.75, 3.05) is 18.1 Å². The van der Waals surface area contributed by atoms with Crippen molar-refractivity contribution in [2.45, 2.75) is 26.2 Å². The molecule has 1 saturated heterocycles. The molecular weight excluding hydrogens is 351 g/mol. The van der Waals surface area contributed by atoms with Crippen LogP contribution in [0.1, 0.15) is 35.9 Å². The summed E-state index contributed by atoms with van der Waals surface area (Å²) >= 11 is 0. The third kappa shape index (κ3) is 3.52. The van der Waals surface area contributed by atoms with Gasteiger partial charge >= 0.3 is 0 Å². The molecule has 0 saturated carbocycles. The zero-order chi connectivity index (χ0) is 18.8. The maximum absolute atomic E-state index is 13.1. The van der Waals surface area contributed by atoms with Crippen molar-refractivity contribution in [2.24, 2.45) is 5.92 Å². The molecule has 1 atom stereocenters. The van der Waals surface area contributed by atoms with Crippen molar-refractivity contribution in [1.82, 2.24) is 15.6 Å². The van der Waals surface area contributed by atoms with Crippen LogP contribution in [0.5, 0.6) is 0 Å². The fourth-order valence-electron chi connectivity index (χ4n) is 3.46. The molecule has 2 aliphatic heterocycles. The summed E-state index contributed by atoms with van der Waals surface area (Å²) in [6, 6.07) is 6.13. The van der Waals surface area contributed by atoms with Crippen molar-refractivity contribution in [3.63, 3.8) is 0 Å². The van der Waals surface area contributed by atoms with Crippen LogP contribution in [-0.4, -0.2) is 29.1 Å². The van der Waals surface area contributed by atoms with Gasteiger partial charge in [-0.05, 0) is 37.1 Å². The zero-order valence-corrected chi connectivity index (χ0v) is 15.0. The van der Waals surface area contributed by atoms with Crippen molar-refractivity contribution in [3.8, 4) is 0 Å². The van der Waals surface area contributed by atoms with Gasteiger partial charge in [0.2, 0.25) is 0 Å². The lowest BCUT2D eigenvalue weighted by Gasteiger charge is -2.32. The molecule has 1 amide bonds. The van der Waals surface area contributed by atoms with Gasteiger partial charge in [0.05, 0.1) is 18.1 Å². The van der Waals surface area contributed by atoms with E-state index in [0.29, 0.717) is 30.8 Å². The number of benzene rings is 1. The molecule has 4 rings (SSSR count). The lowest BCUT2D eigenvalue weighted by atomic mass is 9.95. The van der Waals surface area contributed by atoms with Gasteiger partial charge in [-0.1, -0.05) is 17.7 Å². The number of nitrogens with zero attached hydrogens (tertiary/aromatic N) is 3. The van der Waals surface area contributed by atoms with Gasteiger partial charge in [-0.15, -0.1) is 0 Å². The van der Waals surface area contributed by atoms with Crippen LogP contribution in [0, 0.1) is 11.7 Å². The minimum Gasteiger partial charge on any atom is -0.391 e. The molecule has 3 heterocycles. The second kappa shape index (κ2) is 7.40. The van der Waals surface area contributed by atoms with Gasteiger partial charge < -0.3 is 14.3 Å². The van der Waals surface area contributed by atoms with Gasteiger partial charge in [0.25, 0.3) is 5.91 Å². The molecule has 1 unspecified atom stereocenters.